The van der Waals surface area contributed by atoms with E-state index in [1.165, 1.54) is 11.3 Å². The van der Waals surface area contributed by atoms with Crippen molar-refractivity contribution in [2.75, 3.05) is 12.0 Å². The average Bonchev–Trinajstić information content (AvgIpc) is 2.58. The topological polar surface area (TPSA) is 85.4 Å². The minimum absolute atomic E-state index is 0.230. The Morgan fingerprint density at radius 1 is 1.55 bits per heavy atom. The van der Waals surface area contributed by atoms with E-state index in [4.69, 9.17) is 4.74 Å². The molecular weight excluding hydrogens is 368 g/mol. The van der Waals surface area contributed by atoms with Crippen LogP contribution < -0.4 is 5.32 Å². The summed E-state index contributed by atoms with van der Waals surface area (Å²) in [5.74, 6) is -0.230. The van der Waals surface area contributed by atoms with Gasteiger partial charge in [0.15, 0.2) is 0 Å². The van der Waals surface area contributed by atoms with Gasteiger partial charge < -0.3 is 10.1 Å². The fourth-order valence-corrected chi connectivity index (χ4v) is 3.62. The molecule has 0 aliphatic heterocycles. The van der Waals surface area contributed by atoms with Gasteiger partial charge in [-0.15, -0.1) is 11.3 Å². The third-order valence-electron chi connectivity index (χ3n) is 1.95. The van der Waals surface area contributed by atoms with Gasteiger partial charge in [0.2, 0.25) is 0 Å². The van der Waals surface area contributed by atoms with Gasteiger partial charge in [0, 0.05) is 11.6 Å². The lowest BCUT2D eigenvalue weighted by atomic mass is 10.2. The Kier molecular flexibility index (Phi) is 5.56. The summed E-state index contributed by atoms with van der Waals surface area (Å²) in [7, 11) is -3.27. The van der Waals surface area contributed by atoms with Crippen molar-refractivity contribution in [3.8, 4) is 0 Å². The number of ether oxygens (including phenoxy) is 1. The Labute approximate surface area is 131 Å². The van der Waals surface area contributed by atoms with Gasteiger partial charge in [-0.3, -0.25) is 0 Å². The van der Waals surface area contributed by atoms with Crippen LogP contribution in [0.3, 0.4) is 0 Å². The van der Waals surface area contributed by atoms with Crippen LogP contribution in [0.15, 0.2) is 9.98 Å². The van der Waals surface area contributed by atoms with Crippen molar-refractivity contribution < 1.29 is 17.9 Å². The number of alkyl carbamates (subject to hydrolysis) is 1. The van der Waals surface area contributed by atoms with Crippen LogP contribution in [0.5, 0.6) is 0 Å². The number of nitrogens with zero attached hydrogens (tertiary/aromatic N) is 1. The van der Waals surface area contributed by atoms with Crippen molar-refractivity contribution in [3.05, 3.63) is 15.0 Å². The second-order valence-electron chi connectivity index (χ2n) is 5.30. The molecule has 0 spiro atoms. The number of sulfone groups is 1. The van der Waals surface area contributed by atoms with E-state index in [2.05, 4.69) is 26.2 Å². The normalized spacial score (nSPS) is 13.8. The zero-order valence-corrected chi connectivity index (χ0v) is 14.9. The molecule has 1 atom stereocenters. The van der Waals surface area contributed by atoms with E-state index < -0.39 is 27.6 Å². The van der Waals surface area contributed by atoms with Crippen LogP contribution in [0.2, 0.25) is 0 Å². The Balaban J connectivity index is 2.87. The van der Waals surface area contributed by atoms with Gasteiger partial charge in [-0.1, -0.05) is 0 Å². The second-order valence-corrected chi connectivity index (χ2v) is 9.19. The van der Waals surface area contributed by atoms with Crippen LogP contribution in [-0.2, 0) is 14.6 Å². The number of carbonyl (C=O) groups excluding carboxylic acids is 1. The summed E-state index contributed by atoms with van der Waals surface area (Å²) in [6, 6.07) is -0.726. The van der Waals surface area contributed by atoms with Gasteiger partial charge in [0.25, 0.3) is 0 Å². The zero-order chi connectivity index (χ0) is 15.6. The first-order valence-electron chi connectivity index (χ1n) is 5.74. The maximum atomic E-state index is 11.8. The van der Waals surface area contributed by atoms with E-state index in [1.807, 2.05) is 0 Å². The van der Waals surface area contributed by atoms with E-state index in [0.29, 0.717) is 9.61 Å². The van der Waals surface area contributed by atoms with Crippen molar-refractivity contribution in [2.45, 2.75) is 32.4 Å². The first-order chi connectivity index (χ1) is 8.96. The van der Waals surface area contributed by atoms with Gasteiger partial charge in [0.1, 0.15) is 25.0 Å². The van der Waals surface area contributed by atoms with Gasteiger partial charge in [-0.05, 0) is 36.7 Å². The zero-order valence-electron chi connectivity index (χ0n) is 11.6. The number of halogens is 1. The third kappa shape index (κ3) is 6.67. The van der Waals surface area contributed by atoms with Crippen molar-refractivity contribution >= 4 is 43.2 Å². The molecule has 114 valence electrons. The molecule has 20 heavy (non-hydrogen) atoms. The van der Waals surface area contributed by atoms with Crippen molar-refractivity contribution in [1.29, 1.82) is 0 Å². The molecule has 1 heterocycles. The number of hydrogen-bond donors (Lipinski definition) is 1. The molecule has 0 fully saturated rings. The van der Waals surface area contributed by atoms with Crippen LogP contribution in [0.25, 0.3) is 0 Å². The number of aromatic nitrogens is 1. The highest BCUT2D eigenvalue weighted by molar-refractivity contribution is 9.10. The lowest BCUT2D eigenvalue weighted by Gasteiger charge is -2.22. The highest BCUT2D eigenvalue weighted by atomic mass is 79.9. The van der Waals surface area contributed by atoms with Crippen molar-refractivity contribution in [2.24, 2.45) is 0 Å². The predicted octanol–water partition coefficient (Wildman–Crippen LogP) is 2.52. The second kappa shape index (κ2) is 6.40. The molecule has 1 unspecified atom stereocenters. The molecule has 0 aliphatic rings. The molecule has 1 N–H and O–H groups in total. The Hall–Kier alpha value is -0.670. The van der Waals surface area contributed by atoms with E-state index in [9.17, 15) is 13.2 Å². The van der Waals surface area contributed by atoms with E-state index in [0.717, 1.165) is 6.26 Å². The summed E-state index contributed by atoms with van der Waals surface area (Å²) in [6.45, 7) is 5.20. The quantitative estimate of drug-likeness (QED) is 0.861. The Morgan fingerprint density at radius 2 is 2.15 bits per heavy atom. The minimum Gasteiger partial charge on any atom is -0.444 e. The number of rotatable bonds is 4. The van der Waals surface area contributed by atoms with Gasteiger partial charge in [-0.25, -0.2) is 18.2 Å². The van der Waals surface area contributed by atoms with Crippen molar-refractivity contribution in [1.82, 2.24) is 10.3 Å². The molecule has 0 aliphatic carbocycles. The summed E-state index contributed by atoms with van der Waals surface area (Å²) in [6.07, 6.45) is 0.442. The van der Waals surface area contributed by atoms with Gasteiger partial charge in [-0.2, -0.15) is 0 Å². The SMILES string of the molecule is CC(C)(C)OC(=O)NC(CS(C)(=O)=O)c1nc(Br)cs1. The van der Waals surface area contributed by atoms with Gasteiger partial charge in [0.05, 0.1) is 11.8 Å². The highest BCUT2D eigenvalue weighted by Crippen LogP contribution is 2.23. The van der Waals surface area contributed by atoms with Crippen molar-refractivity contribution in [3.63, 3.8) is 0 Å². The summed E-state index contributed by atoms with van der Waals surface area (Å²) in [5.41, 5.74) is -0.650. The number of thiazole rings is 1. The lowest BCUT2D eigenvalue weighted by Crippen LogP contribution is -2.37. The van der Waals surface area contributed by atoms with Gasteiger partial charge >= 0.3 is 6.09 Å². The van der Waals surface area contributed by atoms with E-state index in [1.54, 1.807) is 26.2 Å². The lowest BCUT2D eigenvalue weighted by molar-refractivity contribution is 0.0508. The van der Waals surface area contributed by atoms with Crippen LogP contribution >= 0.6 is 27.3 Å². The third-order valence-corrected chi connectivity index (χ3v) is 4.56. The van der Waals surface area contributed by atoms with Crippen LogP contribution in [0.4, 0.5) is 4.79 Å². The largest absolute Gasteiger partial charge is 0.444 e. The van der Waals surface area contributed by atoms with E-state index >= 15 is 0 Å². The molecule has 6 nitrogen and oxygen atoms in total. The maximum absolute atomic E-state index is 11.8. The standard InChI is InChI=1S/C11H17BrN2O4S2/c1-11(2,3)18-10(15)13-7(6-20(4,16)17)9-14-8(12)5-19-9/h5,7H,6H2,1-4H3,(H,13,15). The average molecular weight is 385 g/mol. The van der Waals surface area contributed by atoms with Crippen LogP contribution in [0.1, 0.15) is 31.8 Å². The smallest absolute Gasteiger partial charge is 0.408 e. The Bertz CT molecular complexity index is 577. The highest BCUT2D eigenvalue weighted by Gasteiger charge is 2.25. The molecule has 1 amide bonds. The van der Waals surface area contributed by atoms with Crippen LogP contribution in [0, 0.1) is 0 Å². The molecule has 0 saturated heterocycles. The summed E-state index contributed by atoms with van der Waals surface area (Å²) >= 11 is 4.47. The molecule has 9 heteroatoms. The molecule has 0 saturated carbocycles. The Morgan fingerprint density at radius 3 is 2.55 bits per heavy atom. The molecule has 1 aromatic heterocycles. The molecule has 0 aromatic carbocycles. The first-order valence-corrected chi connectivity index (χ1v) is 9.48. The molecule has 1 rings (SSSR count). The number of nitrogens with one attached hydrogen (secondary N) is 1. The maximum Gasteiger partial charge on any atom is 0.408 e. The minimum atomic E-state index is -3.27. The molecule has 1 aromatic rings. The molecule has 0 radical (unpaired) electrons. The van der Waals surface area contributed by atoms with Crippen LogP contribution in [-0.4, -0.2) is 37.1 Å². The number of carbonyl (C=O) groups is 1. The number of amides is 1. The monoisotopic (exact) mass is 384 g/mol. The van der Waals surface area contributed by atoms with E-state index in [-0.39, 0.29) is 5.75 Å². The first kappa shape index (κ1) is 17.4. The molecule has 0 bridgehead atoms. The summed E-state index contributed by atoms with van der Waals surface area (Å²) < 4.78 is 28.7. The fourth-order valence-electron chi connectivity index (χ4n) is 1.35. The fraction of sp³-hybridized carbons (Fsp3) is 0.636. The summed E-state index contributed by atoms with van der Waals surface area (Å²) in [4.78, 5) is 15.9. The predicted molar refractivity (Wildman–Crippen MR) is 81.6 cm³/mol. The molecular formula is C11H17BrN2O4S2. The summed E-state index contributed by atoms with van der Waals surface area (Å²) in [5, 5.41) is 4.78. The number of hydrogen-bond acceptors (Lipinski definition) is 6.